The third-order valence-electron chi connectivity index (χ3n) is 12.5. The van der Waals surface area contributed by atoms with Crippen LogP contribution in [0.5, 0.6) is 0 Å². The zero-order valence-corrected chi connectivity index (χ0v) is 35.0. The van der Waals surface area contributed by atoms with Crippen LogP contribution in [0.3, 0.4) is 0 Å². The van der Waals surface area contributed by atoms with Gasteiger partial charge in [0.2, 0.25) is 0 Å². The molecule has 5 heteroatoms. The highest BCUT2D eigenvalue weighted by Crippen LogP contribution is 2.52. The molecule has 1 N–H and O–H groups in total. The molecule has 302 valence electrons. The number of allylic oxidation sites excluding steroid dienone is 2. The van der Waals surface area contributed by atoms with Crippen LogP contribution in [0.2, 0.25) is 0 Å². The van der Waals surface area contributed by atoms with Gasteiger partial charge in [0.1, 0.15) is 11.6 Å². The van der Waals surface area contributed by atoms with Crippen molar-refractivity contribution in [3.8, 4) is 39.4 Å². The topological polar surface area (TPSA) is 67.6 Å². The Morgan fingerprint density at radius 1 is 0.540 bits per heavy atom. The van der Waals surface area contributed by atoms with Crippen LogP contribution >= 0.6 is 0 Å². The molecule has 0 aromatic heterocycles. The zero-order valence-electron chi connectivity index (χ0n) is 35.0. The molecule has 0 saturated heterocycles. The molecule has 0 spiro atoms. The minimum Gasteiger partial charge on any atom is -0.477 e. The Morgan fingerprint density at radius 2 is 0.984 bits per heavy atom. The van der Waals surface area contributed by atoms with Crippen LogP contribution in [-0.2, 0) is 16.6 Å². The molecule has 0 atom stereocenters. The van der Waals surface area contributed by atoms with Crippen molar-refractivity contribution in [2.75, 3.05) is 9.80 Å². The van der Waals surface area contributed by atoms with E-state index in [4.69, 9.17) is 5.26 Å². The number of fused-ring (bicyclic) bond motifs is 6. The van der Waals surface area contributed by atoms with Crippen molar-refractivity contribution < 1.29 is 9.90 Å². The molecule has 63 heavy (non-hydrogen) atoms. The summed E-state index contributed by atoms with van der Waals surface area (Å²) in [7, 11) is 0. The molecule has 0 heterocycles. The van der Waals surface area contributed by atoms with Crippen molar-refractivity contribution in [3.63, 3.8) is 0 Å². The van der Waals surface area contributed by atoms with Gasteiger partial charge in [0.05, 0.1) is 0 Å². The fourth-order valence-corrected chi connectivity index (χ4v) is 9.33. The van der Waals surface area contributed by atoms with Gasteiger partial charge in [-0.05, 0) is 153 Å². The van der Waals surface area contributed by atoms with Gasteiger partial charge in [0.25, 0.3) is 0 Å². The molecule has 0 bridgehead atoms. The van der Waals surface area contributed by atoms with Gasteiger partial charge in [-0.1, -0.05) is 135 Å². The first kappa shape index (κ1) is 39.0. The highest BCUT2D eigenvalue weighted by atomic mass is 16.4. The van der Waals surface area contributed by atoms with Crippen LogP contribution in [0.1, 0.15) is 41.7 Å². The monoisotopic (exact) mass is 813 g/mol. The summed E-state index contributed by atoms with van der Waals surface area (Å²) >= 11 is 0. The molecule has 10 rings (SSSR count). The van der Waals surface area contributed by atoms with E-state index >= 15 is 0 Å². The highest BCUT2D eigenvalue weighted by molar-refractivity contribution is 5.92. The van der Waals surface area contributed by atoms with Gasteiger partial charge in [0, 0.05) is 39.5 Å². The fourth-order valence-electron chi connectivity index (χ4n) is 9.33. The minimum atomic E-state index is -1.24. The maximum atomic E-state index is 11.2. The van der Waals surface area contributed by atoms with E-state index in [0.717, 1.165) is 46.1 Å². The van der Waals surface area contributed by atoms with Gasteiger partial charge >= 0.3 is 5.97 Å². The van der Waals surface area contributed by atoms with E-state index in [-0.39, 0.29) is 11.0 Å². The molecular weight excluding hydrogens is 771 g/mol. The maximum Gasteiger partial charge on any atom is 0.346 e. The van der Waals surface area contributed by atoms with Crippen molar-refractivity contribution in [1.29, 1.82) is 5.26 Å². The molecule has 0 fully saturated rings. The van der Waals surface area contributed by atoms with Gasteiger partial charge in [-0.15, -0.1) is 0 Å². The maximum absolute atomic E-state index is 11.2. The van der Waals surface area contributed by atoms with Crippen LogP contribution < -0.4 is 9.80 Å². The summed E-state index contributed by atoms with van der Waals surface area (Å²) in [6.07, 6.45) is 5.59. The van der Waals surface area contributed by atoms with Crippen molar-refractivity contribution >= 4 is 46.2 Å². The first-order chi connectivity index (χ1) is 30.8. The molecule has 8 aromatic rings. The molecule has 0 unspecified atom stereocenters. The van der Waals surface area contributed by atoms with Crippen molar-refractivity contribution in [1.82, 2.24) is 0 Å². The third kappa shape index (κ3) is 7.18. The highest BCUT2D eigenvalue weighted by Gasteiger charge is 2.36. The second kappa shape index (κ2) is 16.0. The van der Waals surface area contributed by atoms with Crippen LogP contribution in [0.25, 0.3) is 39.5 Å². The number of nitrogens with zero attached hydrogens (tertiary/aromatic N) is 3. The standard InChI is InChI=1S/C58H43N3O2/c1-58(2)55-36-41(40-23-29-51-43(33-40)34-44-35-49(27-31-52(44)51)60(45-15-6-3-7-16-45)46-17-8-4-9-18-46)24-30-53(55)54-32-28-50(37-56(54)58)61(47-19-10-5-11-20-47)48-25-21-39(22-26-48)13-12-14-42(38-59)57(62)63/h3-33,35-37H,34H2,1-2H3,(H,62,63)/b13-12+,42-14+. The average Bonchev–Trinajstić information content (AvgIpc) is 3.79. The summed E-state index contributed by atoms with van der Waals surface area (Å²) in [4.78, 5) is 15.8. The summed E-state index contributed by atoms with van der Waals surface area (Å²) in [5.41, 5.74) is 19.7. The Kier molecular flexibility index (Phi) is 9.90. The molecule has 0 aliphatic heterocycles. The van der Waals surface area contributed by atoms with E-state index in [1.165, 1.54) is 61.7 Å². The Balaban J connectivity index is 0.936. The van der Waals surface area contributed by atoms with Crippen LogP contribution in [0.4, 0.5) is 34.1 Å². The summed E-state index contributed by atoms with van der Waals surface area (Å²) in [5.74, 6) is -1.24. The molecule has 8 aromatic carbocycles. The number of carboxylic acids is 1. The number of aliphatic carboxylic acids is 1. The number of anilines is 6. The van der Waals surface area contributed by atoms with Crippen molar-refractivity contribution in [2.24, 2.45) is 0 Å². The number of carbonyl (C=O) groups is 1. The summed E-state index contributed by atoms with van der Waals surface area (Å²) < 4.78 is 0. The molecule has 2 aliphatic carbocycles. The number of hydrogen-bond donors (Lipinski definition) is 1. The lowest BCUT2D eigenvalue weighted by Crippen LogP contribution is -2.16. The second-order valence-corrected chi connectivity index (χ2v) is 16.6. The Bertz CT molecular complexity index is 3100. The molecular formula is C58H43N3O2. The lowest BCUT2D eigenvalue weighted by Gasteiger charge is -2.28. The van der Waals surface area contributed by atoms with E-state index in [2.05, 4.69) is 194 Å². The van der Waals surface area contributed by atoms with E-state index in [1.807, 2.05) is 18.2 Å². The Labute approximate surface area is 368 Å². The average molecular weight is 814 g/mol. The predicted octanol–water partition coefficient (Wildman–Crippen LogP) is 14.7. The molecule has 5 nitrogen and oxygen atoms in total. The van der Waals surface area contributed by atoms with Gasteiger partial charge < -0.3 is 14.9 Å². The number of rotatable bonds is 10. The second-order valence-electron chi connectivity index (χ2n) is 16.6. The molecule has 0 amide bonds. The molecule has 2 aliphatic rings. The van der Waals surface area contributed by atoms with Gasteiger partial charge in [-0.3, -0.25) is 0 Å². The molecule has 0 radical (unpaired) electrons. The number of nitriles is 1. The summed E-state index contributed by atoms with van der Waals surface area (Å²) in [6, 6.07) is 69.1. The zero-order chi connectivity index (χ0) is 43.1. The SMILES string of the molecule is CC1(C)c2cc(-c3ccc4c(c3)Cc3cc(N(c5ccccc5)c5ccccc5)ccc3-4)ccc2-c2ccc(N(c3ccccc3)c3ccc(/C=C/C=C(\C#N)C(=O)O)cc3)cc21. The lowest BCUT2D eigenvalue weighted by molar-refractivity contribution is -0.132. The number of benzene rings is 8. The first-order valence-electron chi connectivity index (χ1n) is 21.2. The van der Waals surface area contributed by atoms with Crippen molar-refractivity contribution in [3.05, 3.63) is 234 Å². The lowest BCUT2D eigenvalue weighted by atomic mass is 9.81. The number of carboxylic acid groups (broad SMARTS) is 1. The predicted molar refractivity (Wildman–Crippen MR) is 257 cm³/mol. The number of hydrogen-bond acceptors (Lipinski definition) is 4. The van der Waals surface area contributed by atoms with E-state index in [9.17, 15) is 9.90 Å². The Morgan fingerprint density at radius 3 is 1.54 bits per heavy atom. The van der Waals surface area contributed by atoms with Gasteiger partial charge in [-0.2, -0.15) is 5.26 Å². The van der Waals surface area contributed by atoms with Gasteiger partial charge in [0.15, 0.2) is 0 Å². The fraction of sp³-hybridized carbons (Fsp3) is 0.0690. The number of para-hydroxylation sites is 3. The van der Waals surface area contributed by atoms with Crippen molar-refractivity contribution in [2.45, 2.75) is 25.7 Å². The summed E-state index contributed by atoms with van der Waals surface area (Å²) in [5, 5.41) is 18.3. The van der Waals surface area contributed by atoms with E-state index in [0.29, 0.717) is 0 Å². The Hall–Kier alpha value is -8.20. The molecule has 0 saturated carbocycles. The first-order valence-corrected chi connectivity index (χ1v) is 21.2. The van der Waals surface area contributed by atoms with Crippen LogP contribution in [0.15, 0.2) is 206 Å². The van der Waals surface area contributed by atoms with Crippen LogP contribution in [0, 0.1) is 11.3 Å². The smallest absolute Gasteiger partial charge is 0.346 e. The largest absolute Gasteiger partial charge is 0.477 e. The minimum absolute atomic E-state index is 0.244. The van der Waals surface area contributed by atoms with Crippen LogP contribution in [-0.4, -0.2) is 11.1 Å². The van der Waals surface area contributed by atoms with E-state index < -0.39 is 5.97 Å². The van der Waals surface area contributed by atoms with Gasteiger partial charge in [-0.25, -0.2) is 4.79 Å². The third-order valence-corrected chi connectivity index (χ3v) is 12.5. The summed E-state index contributed by atoms with van der Waals surface area (Å²) in [6.45, 7) is 4.67. The van der Waals surface area contributed by atoms with E-state index in [1.54, 1.807) is 18.2 Å². The quantitative estimate of drug-likeness (QED) is 0.0846. The normalized spacial score (nSPS) is 13.1.